The fourth-order valence-electron chi connectivity index (χ4n) is 2.70. The highest BCUT2D eigenvalue weighted by molar-refractivity contribution is 9.11. The summed E-state index contributed by atoms with van der Waals surface area (Å²) in [5.74, 6) is 0.348. The summed E-state index contributed by atoms with van der Waals surface area (Å²) in [7, 11) is 0. The van der Waals surface area contributed by atoms with Crippen molar-refractivity contribution in [1.29, 1.82) is 0 Å². The molecule has 17 heavy (non-hydrogen) atoms. The van der Waals surface area contributed by atoms with Crippen LogP contribution in [0.3, 0.4) is 0 Å². The van der Waals surface area contributed by atoms with E-state index in [9.17, 15) is 4.79 Å². The van der Waals surface area contributed by atoms with Crippen LogP contribution < -0.4 is 10.6 Å². The smallest absolute Gasteiger partial charge is 0.229 e. The number of aromatic nitrogens is 1. The average Bonchev–Trinajstić information content (AvgIpc) is 2.85. The number of thiazole rings is 1. The molecule has 1 amide bonds. The third-order valence-electron chi connectivity index (χ3n) is 3.81. The van der Waals surface area contributed by atoms with Crippen LogP contribution in [0.4, 0.5) is 5.13 Å². The van der Waals surface area contributed by atoms with Crippen molar-refractivity contribution in [3.05, 3.63) is 9.98 Å². The molecule has 2 heterocycles. The maximum Gasteiger partial charge on any atom is 0.229 e. The molecule has 0 bridgehead atoms. The quantitative estimate of drug-likeness (QED) is 0.880. The van der Waals surface area contributed by atoms with E-state index in [1.807, 2.05) is 0 Å². The third kappa shape index (κ3) is 2.26. The van der Waals surface area contributed by atoms with Crippen LogP contribution in [-0.4, -0.2) is 24.0 Å². The summed E-state index contributed by atoms with van der Waals surface area (Å²) in [6.07, 6.45) is 5.03. The van der Waals surface area contributed by atoms with Crippen LogP contribution in [0.15, 0.2) is 9.98 Å². The van der Waals surface area contributed by atoms with Crippen molar-refractivity contribution in [2.75, 3.05) is 18.4 Å². The molecule has 2 aliphatic rings. The van der Waals surface area contributed by atoms with Crippen LogP contribution in [0.1, 0.15) is 19.3 Å². The third-order valence-corrected chi connectivity index (χ3v) is 5.20. The second kappa shape index (κ2) is 4.33. The summed E-state index contributed by atoms with van der Waals surface area (Å²) in [5.41, 5.74) is 0.295. The Kier molecular flexibility index (Phi) is 2.96. The molecule has 1 aliphatic carbocycles. The first-order valence-corrected chi connectivity index (χ1v) is 7.43. The molecule has 0 aromatic carbocycles. The summed E-state index contributed by atoms with van der Waals surface area (Å²) >= 11 is 4.80. The number of amides is 1. The SMILES string of the molecule is O=C(Nc1ncc(Br)s1)C1CC12CCNCC2. The van der Waals surface area contributed by atoms with Crippen molar-refractivity contribution in [3.63, 3.8) is 0 Å². The Labute approximate surface area is 112 Å². The van der Waals surface area contributed by atoms with Gasteiger partial charge in [0.05, 0.1) is 9.98 Å². The van der Waals surface area contributed by atoms with Crippen LogP contribution in [0, 0.1) is 11.3 Å². The average molecular weight is 316 g/mol. The maximum absolute atomic E-state index is 12.1. The molecular weight excluding hydrogens is 302 g/mol. The highest BCUT2D eigenvalue weighted by Crippen LogP contribution is 2.58. The largest absolute Gasteiger partial charge is 0.317 e. The number of carbonyl (C=O) groups is 1. The van der Waals surface area contributed by atoms with E-state index in [4.69, 9.17) is 0 Å². The van der Waals surface area contributed by atoms with Crippen molar-refractivity contribution in [2.45, 2.75) is 19.3 Å². The first-order valence-electron chi connectivity index (χ1n) is 5.83. The first kappa shape index (κ1) is 11.6. The van der Waals surface area contributed by atoms with E-state index in [0.717, 1.165) is 36.1 Å². The number of rotatable bonds is 2. The predicted octanol–water partition coefficient (Wildman–Crippen LogP) is 2.23. The molecule has 1 aromatic rings. The van der Waals surface area contributed by atoms with Crippen LogP contribution in [0.5, 0.6) is 0 Å². The van der Waals surface area contributed by atoms with Crippen molar-refractivity contribution in [1.82, 2.24) is 10.3 Å². The van der Waals surface area contributed by atoms with E-state index >= 15 is 0 Å². The molecule has 4 nitrogen and oxygen atoms in total. The van der Waals surface area contributed by atoms with E-state index in [0.29, 0.717) is 10.5 Å². The lowest BCUT2D eigenvalue weighted by atomic mass is 9.92. The Morgan fingerprint density at radius 3 is 3.00 bits per heavy atom. The fraction of sp³-hybridized carbons (Fsp3) is 0.636. The lowest BCUT2D eigenvalue weighted by Gasteiger charge is -2.22. The van der Waals surface area contributed by atoms with Gasteiger partial charge < -0.3 is 10.6 Å². The van der Waals surface area contributed by atoms with Gasteiger partial charge in [-0.05, 0) is 53.7 Å². The molecule has 0 radical (unpaired) electrons. The van der Waals surface area contributed by atoms with E-state index in [1.54, 1.807) is 6.20 Å². The van der Waals surface area contributed by atoms with Crippen LogP contribution in [0.2, 0.25) is 0 Å². The first-order chi connectivity index (χ1) is 8.20. The molecule has 6 heteroatoms. The van der Waals surface area contributed by atoms with Gasteiger partial charge in [0.15, 0.2) is 5.13 Å². The zero-order chi connectivity index (χ0) is 11.9. The monoisotopic (exact) mass is 315 g/mol. The van der Waals surface area contributed by atoms with Gasteiger partial charge in [0.2, 0.25) is 5.91 Å². The number of hydrogen-bond donors (Lipinski definition) is 2. The molecule has 92 valence electrons. The summed E-state index contributed by atoms with van der Waals surface area (Å²) in [6, 6.07) is 0. The summed E-state index contributed by atoms with van der Waals surface area (Å²) in [4.78, 5) is 16.2. The Bertz CT molecular complexity index is 442. The minimum atomic E-state index is 0.147. The van der Waals surface area contributed by atoms with E-state index in [1.165, 1.54) is 11.3 Å². The van der Waals surface area contributed by atoms with Gasteiger partial charge in [-0.3, -0.25) is 4.79 Å². The van der Waals surface area contributed by atoms with Gasteiger partial charge in [0, 0.05) is 5.92 Å². The van der Waals surface area contributed by atoms with E-state index in [-0.39, 0.29) is 11.8 Å². The maximum atomic E-state index is 12.1. The summed E-state index contributed by atoms with van der Waals surface area (Å²) < 4.78 is 0.945. The van der Waals surface area contributed by atoms with E-state index in [2.05, 4.69) is 31.5 Å². The lowest BCUT2D eigenvalue weighted by Crippen LogP contribution is -2.31. The Morgan fingerprint density at radius 1 is 1.59 bits per heavy atom. The predicted molar refractivity (Wildman–Crippen MR) is 71.1 cm³/mol. The number of hydrogen-bond acceptors (Lipinski definition) is 4. The van der Waals surface area contributed by atoms with Crippen LogP contribution in [-0.2, 0) is 4.79 Å². The lowest BCUT2D eigenvalue weighted by molar-refractivity contribution is -0.118. The second-order valence-corrected chi connectivity index (χ2v) is 7.24. The van der Waals surface area contributed by atoms with Gasteiger partial charge in [-0.2, -0.15) is 0 Å². The molecule has 1 saturated heterocycles. The Morgan fingerprint density at radius 2 is 2.35 bits per heavy atom. The standard InChI is InChI=1S/C11H14BrN3OS/c12-8-6-14-10(17-8)15-9(16)7-5-11(7)1-3-13-4-2-11/h6-7,13H,1-5H2,(H,14,15,16). The number of carbonyl (C=O) groups excluding carboxylic acids is 1. The number of halogens is 1. The molecular formula is C11H14BrN3OS. The van der Waals surface area contributed by atoms with Gasteiger partial charge in [-0.1, -0.05) is 11.3 Å². The zero-order valence-electron chi connectivity index (χ0n) is 9.33. The molecule has 1 saturated carbocycles. The highest BCUT2D eigenvalue weighted by Gasteiger charge is 2.57. The van der Waals surface area contributed by atoms with Gasteiger partial charge >= 0.3 is 0 Å². The molecule has 1 aliphatic heterocycles. The fourth-order valence-corrected chi connectivity index (χ4v) is 3.81. The summed E-state index contributed by atoms with van der Waals surface area (Å²) in [5, 5.41) is 6.95. The second-order valence-electron chi connectivity index (χ2n) is 4.83. The number of nitrogens with one attached hydrogen (secondary N) is 2. The number of piperidine rings is 1. The number of anilines is 1. The van der Waals surface area contributed by atoms with Gasteiger partial charge in [0.25, 0.3) is 0 Å². The van der Waals surface area contributed by atoms with Crippen molar-refractivity contribution in [2.24, 2.45) is 11.3 Å². The topological polar surface area (TPSA) is 54.0 Å². The number of nitrogens with zero attached hydrogens (tertiary/aromatic N) is 1. The molecule has 2 fully saturated rings. The molecule has 1 unspecified atom stereocenters. The zero-order valence-corrected chi connectivity index (χ0v) is 11.7. The highest BCUT2D eigenvalue weighted by atomic mass is 79.9. The minimum Gasteiger partial charge on any atom is -0.317 e. The van der Waals surface area contributed by atoms with Crippen molar-refractivity contribution < 1.29 is 4.79 Å². The molecule has 1 aromatic heterocycles. The van der Waals surface area contributed by atoms with Crippen molar-refractivity contribution >= 4 is 38.3 Å². The van der Waals surface area contributed by atoms with Gasteiger partial charge in [-0.25, -0.2) is 4.98 Å². The minimum absolute atomic E-state index is 0.147. The summed E-state index contributed by atoms with van der Waals surface area (Å²) in [6.45, 7) is 2.10. The molecule has 1 atom stereocenters. The Hall–Kier alpha value is -0.460. The van der Waals surface area contributed by atoms with Crippen LogP contribution in [0.25, 0.3) is 0 Å². The molecule has 2 N–H and O–H groups in total. The molecule has 3 rings (SSSR count). The van der Waals surface area contributed by atoms with Crippen molar-refractivity contribution in [3.8, 4) is 0 Å². The van der Waals surface area contributed by atoms with Gasteiger partial charge in [-0.15, -0.1) is 0 Å². The molecule has 1 spiro atoms. The van der Waals surface area contributed by atoms with Gasteiger partial charge in [0.1, 0.15) is 0 Å². The van der Waals surface area contributed by atoms with Crippen LogP contribution >= 0.6 is 27.3 Å². The Balaban J connectivity index is 1.61. The van der Waals surface area contributed by atoms with E-state index < -0.39 is 0 Å². The normalized spacial score (nSPS) is 25.8.